The van der Waals surface area contributed by atoms with Gasteiger partial charge >= 0.3 is 0 Å². The SMILES string of the molecule is Cc1cc(C)c(B2c3ccccc3N(c3cccc(-c4ccccn4)c3)c3cc(-c4ccccn4)ccc32)c(C)c1. The highest BCUT2D eigenvalue weighted by molar-refractivity contribution is 6.98. The zero-order chi connectivity index (χ0) is 27.9. The van der Waals surface area contributed by atoms with Gasteiger partial charge < -0.3 is 4.90 Å². The summed E-state index contributed by atoms with van der Waals surface area (Å²) < 4.78 is 0. The standard InChI is InChI=1S/C37H30BN3/c1-25-21-26(2)37(27(3)22-25)38-31-13-4-5-16-35(31)41(30-12-10-11-28(23-30)33-14-6-8-19-39-33)36-24-29(17-18-32(36)38)34-15-7-9-20-40-34/h4-24H,1-3H3. The van der Waals surface area contributed by atoms with Gasteiger partial charge in [0.2, 0.25) is 6.71 Å². The molecule has 6 aromatic rings. The highest BCUT2D eigenvalue weighted by Gasteiger charge is 2.37. The number of aromatic nitrogens is 2. The van der Waals surface area contributed by atoms with Crippen molar-refractivity contribution in [1.29, 1.82) is 0 Å². The molecule has 2 aromatic heterocycles. The van der Waals surface area contributed by atoms with Crippen LogP contribution in [0, 0.1) is 20.8 Å². The fourth-order valence-corrected chi connectivity index (χ4v) is 6.48. The van der Waals surface area contributed by atoms with Crippen LogP contribution in [0.4, 0.5) is 17.1 Å². The van der Waals surface area contributed by atoms with Gasteiger partial charge in [-0.2, -0.15) is 0 Å². The minimum atomic E-state index is 0.120. The van der Waals surface area contributed by atoms with E-state index in [0.29, 0.717) is 0 Å². The van der Waals surface area contributed by atoms with Gasteiger partial charge in [0, 0.05) is 40.6 Å². The third-order valence-electron chi connectivity index (χ3n) is 8.12. The summed E-state index contributed by atoms with van der Waals surface area (Å²) in [6.07, 6.45) is 3.71. The van der Waals surface area contributed by atoms with E-state index in [1.165, 1.54) is 44.5 Å². The third-order valence-corrected chi connectivity index (χ3v) is 8.12. The molecule has 1 aliphatic rings. The van der Waals surface area contributed by atoms with Crippen molar-refractivity contribution in [2.45, 2.75) is 20.8 Å². The first kappa shape index (κ1) is 25.0. The Kier molecular flexibility index (Phi) is 6.24. The van der Waals surface area contributed by atoms with E-state index in [-0.39, 0.29) is 6.71 Å². The average Bonchev–Trinajstić information content (AvgIpc) is 3.01. The second kappa shape index (κ2) is 10.2. The molecule has 3 heterocycles. The number of nitrogens with zero attached hydrogens (tertiary/aromatic N) is 3. The molecule has 4 heteroatoms. The van der Waals surface area contributed by atoms with Crippen LogP contribution in [0.25, 0.3) is 22.5 Å². The van der Waals surface area contributed by atoms with Crippen molar-refractivity contribution in [3.05, 3.63) is 144 Å². The van der Waals surface area contributed by atoms with Crippen LogP contribution >= 0.6 is 0 Å². The van der Waals surface area contributed by atoms with Crippen molar-refractivity contribution in [2.75, 3.05) is 4.90 Å². The first-order valence-electron chi connectivity index (χ1n) is 14.1. The van der Waals surface area contributed by atoms with Crippen LogP contribution in [0.2, 0.25) is 0 Å². The van der Waals surface area contributed by atoms with Crippen LogP contribution in [-0.4, -0.2) is 16.7 Å². The number of rotatable bonds is 4. The van der Waals surface area contributed by atoms with E-state index < -0.39 is 0 Å². The predicted molar refractivity (Wildman–Crippen MR) is 173 cm³/mol. The lowest BCUT2D eigenvalue weighted by Gasteiger charge is -2.38. The highest BCUT2D eigenvalue weighted by Crippen LogP contribution is 2.39. The summed E-state index contributed by atoms with van der Waals surface area (Å²) in [5, 5.41) is 0. The molecule has 0 saturated carbocycles. The van der Waals surface area contributed by atoms with Crippen LogP contribution in [-0.2, 0) is 0 Å². The number of para-hydroxylation sites is 1. The summed E-state index contributed by atoms with van der Waals surface area (Å²) in [6, 6.07) is 41.2. The lowest BCUT2D eigenvalue weighted by molar-refractivity contribution is 1.27. The van der Waals surface area contributed by atoms with E-state index in [2.05, 4.69) is 127 Å². The zero-order valence-electron chi connectivity index (χ0n) is 23.5. The molecule has 3 nitrogen and oxygen atoms in total. The minimum absolute atomic E-state index is 0.120. The second-order valence-corrected chi connectivity index (χ2v) is 10.9. The first-order chi connectivity index (χ1) is 20.1. The molecule has 7 rings (SSSR count). The van der Waals surface area contributed by atoms with Gasteiger partial charge in [0.15, 0.2) is 0 Å². The lowest BCUT2D eigenvalue weighted by atomic mass is 9.34. The van der Waals surface area contributed by atoms with Crippen LogP contribution in [0.5, 0.6) is 0 Å². The Hall–Kier alpha value is -4.96. The van der Waals surface area contributed by atoms with E-state index >= 15 is 0 Å². The number of fused-ring (bicyclic) bond motifs is 2. The molecule has 0 radical (unpaired) electrons. The molecule has 196 valence electrons. The maximum Gasteiger partial charge on any atom is 0.247 e. The molecule has 0 aliphatic carbocycles. The second-order valence-electron chi connectivity index (χ2n) is 10.9. The minimum Gasteiger partial charge on any atom is -0.311 e. The molecular weight excluding hydrogens is 497 g/mol. The summed E-state index contributed by atoms with van der Waals surface area (Å²) in [4.78, 5) is 11.7. The summed E-state index contributed by atoms with van der Waals surface area (Å²) >= 11 is 0. The van der Waals surface area contributed by atoms with E-state index in [1.54, 1.807) is 0 Å². The van der Waals surface area contributed by atoms with Crippen molar-refractivity contribution in [3.63, 3.8) is 0 Å². The Balaban J connectivity index is 1.50. The van der Waals surface area contributed by atoms with Crippen molar-refractivity contribution >= 4 is 40.2 Å². The average molecular weight is 527 g/mol. The summed E-state index contributed by atoms with van der Waals surface area (Å²) in [5.41, 5.74) is 15.5. The monoisotopic (exact) mass is 527 g/mol. The summed E-state index contributed by atoms with van der Waals surface area (Å²) in [7, 11) is 0. The Morgan fingerprint density at radius 1 is 0.537 bits per heavy atom. The molecule has 0 fully saturated rings. The van der Waals surface area contributed by atoms with Crippen molar-refractivity contribution in [1.82, 2.24) is 9.97 Å². The van der Waals surface area contributed by atoms with Gasteiger partial charge in [-0.3, -0.25) is 9.97 Å². The number of benzene rings is 4. The fraction of sp³-hybridized carbons (Fsp3) is 0.0811. The summed E-state index contributed by atoms with van der Waals surface area (Å²) in [6.45, 7) is 6.81. The molecule has 0 unspecified atom stereocenters. The van der Waals surface area contributed by atoms with Gasteiger partial charge in [-0.25, -0.2) is 0 Å². The molecule has 0 amide bonds. The molecular formula is C37H30BN3. The van der Waals surface area contributed by atoms with Gasteiger partial charge in [-0.15, -0.1) is 0 Å². The Morgan fingerprint density at radius 2 is 1.17 bits per heavy atom. The van der Waals surface area contributed by atoms with E-state index in [9.17, 15) is 0 Å². The van der Waals surface area contributed by atoms with Crippen molar-refractivity contribution in [3.8, 4) is 22.5 Å². The number of hydrogen-bond donors (Lipinski definition) is 0. The number of hydrogen-bond acceptors (Lipinski definition) is 3. The summed E-state index contributed by atoms with van der Waals surface area (Å²) in [5.74, 6) is 0. The van der Waals surface area contributed by atoms with Crippen molar-refractivity contribution in [2.24, 2.45) is 0 Å². The van der Waals surface area contributed by atoms with Gasteiger partial charge in [0.25, 0.3) is 0 Å². The molecule has 41 heavy (non-hydrogen) atoms. The predicted octanol–water partition coefficient (Wildman–Crippen LogP) is 7.04. The molecule has 0 bridgehead atoms. The number of anilines is 3. The van der Waals surface area contributed by atoms with E-state index in [4.69, 9.17) is 0 Å². The molecule has 0 atom stereocenters. The third kappa shape index (κ3) is 4.42. The molecule has 0 saturated heterocycles. The number of aryl methyl sites for hydroxylation is 3. The molecule has 4 aromatic carbocycles. The van der Waals surface area contributed by atoms with Gasteiger partial charge in [0.05, 0.1) is 11.4 Å². The maximum absolute atomic E-state index is 4.68. The van der Waals surface area contributed by atoms with Crippen molar-refractivity contribution < 1.29 is 0 Å². The first-order valence-corrected chi connectivity index (χ1v) is 14.1. The van der Waals surface area contributed by atoms with Crippen LogP contribution in [0.3, 0.4) is 0 Å². The molecule has 0 spiro atoms. The largest absolute Gasteiger partial charge is 0.311 e. The smallest absolute Gasteiger partial charge is 0.247 e. The Labute approximate surface area is 242 Å². The molecule has 1 aliphatic heterocycles. The lowest BCUT2D eigenvalue weighted by Crippen LogP contribution is -2.58. The topological polar surface area (TPSA) is 29.0 Å². The van der Waals surface area contributed by atoms with Crippen LogP contribution in [0.15, 0.2) is 128 Å². The number of pyridine rings is 2. The highest BCUT2D eigenvalue weighted by atomic mass is 15.1. The zero-order valence-corrected chi connectivity index (χ0v) is 23.5. The van der Waals surface area contributed by atoms with Gasteiger partial charge in [-0.05, 0) is 80.2 Å². The normalized spacial score (nSPS) is 12.2. The quantitative estimate of drug-likeness (QED) is 0.230. The van der Waals surface area contributed by atoms with Gasteiger partial charge in [0.1, 0.15) is 0 Å². The van der Waals surface area contributed by atoms with E-state index in [0.717, 1.165) is 28.2 Å². The van der Waals surface area contributed by atoms with Gasteiger partial charge in [-0.1, -0.05) is 88.9 Å². The van der Waals surface area contributed by atoms with Crippen LogP contribution < -0.4 is 21.3 Å². The molecule has 0 N–H and O–H groups in total. The van der Waals surface area contributed by atoms with Crippen LogP contribution in [0.1, 0.15) is 16.7 Å². The van der Waals surface area contributed by atoms with E-state index in [1.807, 2.05) is 36.7 Å². The Morgan fingerprint density at radius 3 is 1.85 bits per heavy atom. The Bertz CT molecular complexity index is 1860. The maximum atomic E-state index is 4.68. The fourth-order valence-electron chi connectivity index (χ4n) is 6.48.